The lowest BCUT2D eigenvalue weighted by Crippen LogP contribution is -2.20. The van der Waals surface area contributed by atoms with Gasteiger partial charge >= 0.3 is 6.01 Å². The molecule has 2 N–H and O–H groups in total. The minimum atomic E-state index is 0.105. The third-order valence-electron chi connectivity index (χ3n) is 3.01. The number of aryl methyl sites for hydroxylation is 1. The molecule has 1 heterocycles. The second kappa shape index (κ2) is 7.40. The Morgan fingerprint density at radius 2 is 2.05 bits per heavy atom. The summed E-state index contributed by atoms with van der Waals surface area (Å²) in [6.07, 6.45) is 1.52. The predicted molar refractivity (Wildman–Crippen MR) is 80.6 cm³/mol. The van der Waals surface area contributed by atoms with Crippen LogP contribution in [0.5, 0.6) is 0 Å². The van der Waals surface area contributed by atoms with Crippen LogP contribution in [0.3, 0.4) is 0 Å². The van der Waals surface area contributed by atoms with E-state index in [0.29, 0.717) is 18.5 Å². The highest BCUT2D eigenvalue weighted by atomic mass is 79.9. The summed E-state index contributed by atoms with van der Waals surface area (Å²) in [5.74, 6) is 0.717. The van der Waals surface area contributed by atoms with Gasteiger partial charge in [-0.05, 0) is 24.1 Å². The van der Waals surface area contributed by atoms with Crippen molar-refractivity contribution in [3.8, 4) is 0 Å². The minimum absolute atomic E-state index is 0.105. The predicted octanol–water partition coefficient (Wildman–Crippen LogP) is 2.66. The van der Waals surface area contributed by atoms with Gasteiger partial charge in [-0.3, -0.25) is 0 Å². The quantitative estimate of drug-likeness (QED) is 0.811. The Labute approximate surface area is 126 Å². The summed E-state index contributed by atoms with van der Waals surface area (Å²) < 4.78 is 6.43. The van der Waals surface area contributed by atoms with Crippen LogP contribution < -0.4 is 5.32 Å². The lowest BCUT2D eigenvalue weighted by molar-refractivity contribution is 0.232. The van der Waals surface area contributed by atoms with Crippen LogP contribution in [0.1, 0.15) is 18.4 Å². The summed E-state index contributed by atoms with van der Waals surface area (Å²) in [5.41, 5.74) is 1.19. The molecule has 1 aromatic heterocycles. The molecule has 0 aliphatic carbocycles. The van der Waals surface area contributed by atoms with Gasteiger partial charge in [-0.2, -0.15) is 0 Å². The average molecular weight is 340 g/mol. The van der Waals surface area contributed by atoms with E-state index in [-0.39, 0.29) is 12.5 Å². The molecular formula is C14H18BrN3O2. The maximum Gasteiger partial charge on any atom is 0.315 e. The monoisotopic (exact) mass is 339 g/mol. The van der Waals surface area contributed by atoms with Crippen LogP contribution in [0.4, 0.5) is 6.01 Å². The molecule has 0 fully saturated rings. The lowest BCUT2D eigenvalue weighted by Gasteiger charge is -2.14. The number of anilines is 1. The summed E-state index contributed by atoms with van der Waals surface area (Å²) in [5, 5.41) is 20.3. The highest BCUT2D eigenvalue weighted by molar-refractivity contribution is 9.10. The van der Waals surface area contributed by atoms with E-state index in [1.165, 1.54) is 5.56 Å². The number of aliphatic hydroxyl groups is 1. The standard InChI is InChI=1S/C14H18BrN3O2/c1-2-13-17-18-14(20-13)16-8-11(9-19)7-10-3-5-12(15)6-4-10/h3-6,11,19H,2,7-9H2,1H3,(H,16,18). The molecule has 2 rings (SSSR count). The largest absolute Gasteiger partial charge is 0.408 e. The van der Waals surface area contributed by atoms with E-state index < -0.39 is 0 Å². The Morgan fingerprint density at radius 3 is 2.65 bits per heavy atom. The fourth-order valence-corrected chi connectivity index (χ4v) is 2.12. The van der Waals surface area contributed by atoms with E-state index in [1.54, 1.807) is 0 Å². The number of hydrogen-bond donors (Lipinski definition) is 2. The smallest absolute Gasteiger partial charge is 0.315 e. The molecule has 0 bridgehead atoms. The highest BCUT2D eigenvalue weighted by Crippen LogP contribution is 2.15. The molecule has 0 aliphatic heterocycles. The Bertz CT molecular complexity index is 527. The number of nitrogens with zero attached hydrogens (tertiary/aromatic N) is 2. The van der Waals surface area contributed by atoms with E-state index in [0.717, 1.165) is 17.3 Å². The van der Waals surface area contributed by atoms with Gasteiger partial charge in [-0.25, -0.2) is 0 Å². The van der Waals surface area contributed by atoms with Crippen molar-refractivity contribution in [2.45, 2.75) is 19.8 Å². The second-order valence-electron chi connectivity index (χ2n) is 4.61. The van der Waals surface area contributed by atoms with Crippen LogP contribution in [0.25, 0.3) is 0 Å². The molecule has 1 atom stereocenters. The van der Waals surface area contributed by atoms with Crippen molar-refractivity contribution in [2.24, 2.45) is 5.92 Å². The normalized spacial score (nSPS) is 12.3. The van der Waals surface area contributed by atoms with Gasteiger partial charge in [0.1, 0.15) is 0 Å². The Kier molecular flexibility index (Phi) is 5.55. The fraction of sp³-hybridized carbons (Fsp3) is 0.429. The number of rotatable bonds is 7. The molecule has 2 aromatic rings. The van der Waals surface area contributed by atoms with Crippen molar-refractivity contribution in [1.82, 2.24) is 10.2 Å². The summed E-state index contributed by atoms with van der Waals surface area (Å²) >= 11 is 3.41. The molecule has 20 heavy (non-hydrogen) atoms. The van der Waals surface area contributed by atoms with Crippen molar-refractivity contribution >= 4 is 21.9 Å². The summed E-state index contributed by atoms with van der Waals surface area (Å²) in [7, 11) is 0. The van der Waals surface area contributed by atoms with Gasteiger partial charge in [0.15, 0.2) is 0 Å². The number of hydrogen-bond acceptors (Lipinski definition) is 5. The Balaban J connectivity index is 1.87. The van der Waals surface area contributed by atoms with Gasteiger partial charge in [0.2, 0.25) is 5.89 Å². The van der Waals surface area contributed by atoms with Gasteiger partial charge in [-0.15, -0.1) is 5.10 Å². The molecular weight excluding hydrogens is 322 g/mol. The van der Waals surface area contributed by atoms with E-state index in [2.05, 4.69) is 43.6 Å². The molecule has 5 nitrogen and oxygen atoms in total. The third-order valence-corrected chi connectivity index (χ3v) is 3.54. The summed E-state index contributed by atoms with van der Waals surface area (Å²) in [4.78, 5) is 0. The van der Waals surface area contributed by atoms with Crippen molar-refractivity contribution in [1.29, 1.82) is 0 Å². The second-order valence-corrected chi connectivity index (χ2v) is 5.53. The molecule has 6 heteroatoms. The van der Waals surface area contributed by atoms with E-state index >= 15 is 0 Å². The van der Waals surface area contributed by atoms with Crippen molar-refractivity contribution < 1.29 is 9.52 Å². The number of aromatic nitrogens is 2. The molecule has 0 saturated carbocycles. The molecule has 108 valence electrons. The zero-order valence-corrected chi connectivity index (χ0v) is 12.9. The van der Waals surface area contributed by atoms with Gasteiger partial charge in [0, 0.05) is 30.0 Å². The molecule has 0 saturated heterocycles. The summed E-state index contributed by atoms with van der Waals surface area (Å²) in [6, 6.07) is 8.52. The molecule has 0 amide bonds. The Hall–Kier alpha value is -1.40. The van der Waals surface area contributed by atoms with Gasteiger partial charge in [0.25, 0.3) is 0 Å². The number of aliphatic hydroxyl groups excluding tert-OH is 1. The van der Waals surface area contributed by atoms with Gasteiger partial charge < -0.3 is 14.8 Å². The third kappa shape index (κ3) is 4.31. The van der Waals surface area contributed by atoms with Gasteiger partial charge in [0.05, 0.1) is 0 Å². The Morgan fingerprint density at radius 1 is 1.30 bits per heavy atom. The van der Waals surface area contributed by atoms with Crippen LogP contribution in [0.15, 0.2) is 33.2 Å². The first-order valence-electron chi connectivity index (χ1n) is 6.62. The summed E-state index contributed by atoms with van der Waals surface area (Å²) in [6.45, 7) is 2.66. The number of benzene rings is 1. The topological polar surface area (TPSA) is 71.2 Å². The zero-order valence-electron chi connectivity index (χ0n) is 11.3. The van der Waals surface area contributed by atoms with E-state index in [9.17, 15) is 5.11 Å². The molecule has 0 aliphatic rings. The van der Waals surface area contributed by atoms with Crippen LogP contribution in [-0.4, -0.2) is 28.5 Å². The minimum Gasteiger partial charge on any atom is -0.408 e. The van der Waals surface area contributed by atoms with E-state index in [1.807, 2.05) is 19.1 Å². The molecule has 0 spiro atoms. The first kappa shape index (κ1) is 15.0. The molecule has 1 aromatic carbocycles. The SMILES string of the molecule is CCc1nnc(NCC(CO)Cc2ccc(Br)cc2)o1. The molecule has 0 radical (unpaired) electrons. The molecule has 1 unspecified atom stereocenters. The first-order chi connectivity index (χ1) is 9.71. The van der Waals surface area contributed by atoms with Crippen LogP contribution >= 0.6 is 15.9 Å². The van der Waals surface area contributed by atoms with Crippen molar-refractivity contribution in [3.63, 3.8) is 0 Å². The van der Waals surface area contributed by atoms with Crippen LogP contribution in [0, 0.1) is 5.92 Å². The maximum absolute atomic E-state index is 9.46. The average Bonchev–Trinajstić information content (AvgIpc) is 2.93. The zero-order chi connectivity index (χ0) is 14.4. The number of halogens is 1. The lowest BCUT2D eigenvalue weighted by atomic mass is 10.0. The van der Waals surface area contributed by atoms with Gasteiger partial charge in [-0.1, -0.05) is 40.1 Å². The van der Waals surface area contributed by atoms with Crippen LogP contribution in [0.2, 0.25) is 0 Å². The maximum atomic E-state index is 9.46. The fourth-order valence-electron chi connectivity index (χ4n) is 1.85. The number of nitrogens with one attached hydrogen (secondary N) is 1. The van der Waals surface area contributed by atoms with E-state index in [4.69, 9.17) is 4.42 Å². The first-order valence-corrected chi connectivity index (χ1v) is 7.42. The highest BCUT2D eigenvalue weighted by Gasteiger charge is 2.11. The van der Waals surface area contributed by atoms with Crippen molar-refractivity contribution in [3.05, 3.63) is 40.2 Å². The van der Waals surface area contributed by atoms with Crippen LogP contribution in [-0.2, 0) is 12.8 Å². The van der Waals surface area contributed by atoms with Crippen molar-refractivity contribution in [2.75, 3.05) is 18.5 Å².